The third kappa shape index (κ3) is 3.03. The zero-order chi connectivity index (χ0) is 15.4. The molecule has 7 nitrogen and oxygen atoms in total. The molecule has 2 aromatic rings. The molecule has 0 saturated heterocycles. The van der Waals surface area contributed by atoms with Gasteiger partial charge in [-0.3, -0.25) is 4.98 Å². The summed E-state index contributed by atoms with van der Waals surface area (Å²) in [6.07, 6.45) is 7.51. The molecule has 0 saturated carbocycles. The number of anilines is 2. The van der Waals surface area contributed by atoms with Crippen LogP contribution in [0.15, 0.2) is 28.5 Å². The van der Waals surface area contributed by atoms with Crippen LogP contribution in [-0.2, 0) is 0 Å². The Labute approximate surface area is 128 Å². The smallest absolute Gasteiger partial charge is 0.222 e. The number of aromatic nitrogens is 3. The van der Waals surface area contributed by atoms with Crippen molar-refractivity contribution in [3.8, 4) is 0 Å². The van der Waals surface area contributed by atoms with Crippen molar-refractivity contribution in [2.45, 2.75) is 38.6 Å². The molecule has 7 heteroatoms. The van der Waals surface area contributed by atoms with Gasteiger partial charge in [-0.2, -0.15) is 15.2 Å². The number of hydrogen-bond donors (Lipinski definition) is 2. The maximum absolute atomic E-state index is 5.81. The van der Waals surface area contributed by atoms with E-state index >= 15 is 0 Å². The fraction of sp³-hybridized carbons (Fsp3) is 0.400. The number of nitrogens with two attached hydrogens (primary N) is 1. The summed E-state index contributed by atoms with van der Waals surface area (Å²) in [5, 5.41) is 11.6. The summed E-state index contributed by atoms with van der Waals surface area (Å²) in [5.41, 5.74) is 8.28. The Balaban J connectivity index is 1.91. The van der Waals surface area contributed by atoms with E-state index in [-0.39, 0.29) is 12.0 Å². The summed E-state index contributed by atoms with van der Waals surface area (Å²) in [6, 6.07) is 3.80. The molecule has 1 atom stereocenters. The Morgan fingerprint density at radius 1 is 1.36 bits per heavy atom. The van der Waals surface area contributed by atoms with Crippen LogP contribution in [0.5, 0.6) is 0 Å². The number of nitrogen functional groups attached to an aromatic ring is 1. The van der Waals surface area contributed by atoms with Crippen LogP contribution in [0.4, 0.5) is 11.8 Å². The van der Waals surface area contributed by atoms with Gasteiger partial charge < -0.3 is 11.1 Å². The molecule has 0 radical (unpaired) electrons. The van der Waals surface area contributed by atoms with Crippen LogP contribution in [0.25, 0.3) is 11.0 Å². The van der Waals surface area contributed by atoms with Crippen molar-refractivity contribution < 1.29 is 0 Å². The van der Waals surface area contributed by atoms with E-state index in [2.05, 4.69) is 37.4 Å². The molecule has 0 unspecified atom stereocenters. The SMILES string of the molecule is CCCC[C@@H](Nc1nc(N)nc2cccnc12)C1=NN=CC1. The van der Waals surface area contributed by atoms with Gasteiger partial charge in [0.2, 0.25) is 5.95 Å². The second-order valence-corrected chi connectivity index (χ2v) is 5.23. The molecule has 0 aliphatic carbocycles. The van der Waals surface area contributed by atoms with Crippen molar-refractivity contribution in [1.29, 1.82) is 0 Å². The lowest BCUT2D eigenvalue weighted by Crippen LogP contribution is -2.29. The van der Waals surface area contributed by atoms with Gasteiger partial charge in [-0.15, -0.1) is 0 Å². The highest BCUT2D eigenvalue weighted by Gasteiger charge is 2.19. The van der Waals surface area contributed by atoms with Crippen LogP contribution >= 0.6 is 0 Å². The number of fused-ring (bicyclic) bond motifs is 1. The van der Waals surface area contributed by atoms with Gasteiger partial charge in [-0.05, 0) is 18.6 Å². The zero-order valence-corrected chi connectivity index (χ0v) is 12.5. The van der Waals surface area contributed by atoms with Crippen molar-refractivity contribution in [2.24, 2.45) is 10.2 Å². The van der Waals surface area contributed by atoms with E-state index in [0.29, 0.717) is 5.82 Å². The van der Waals surface area contributed by atoms with Gasteiger partial charge in [0.25, 0.3) is 0 Å². The summed E-state index contributed by atoms with van der Waals surface area (Å²) in [4.78, 5) is 12.9. The molecule has 0 amide bonds. The third-order valence-electron chi connectivity index (χ3n) is 3.60. The first-order chi connectivity index (χ1) is 10.8. The Bertz CT molecular complexity index is 723. The van der Waals surface area contributed by atoms with Crippen LogP contribution in [0, 0.1) is 0 Å². The molecule has 3 rings (SSSR count). The van der Waals surface area contributed by atoms with Crippen molar-refractivity contribution in [2.75, 3.05) is 11.1 Å². The Morgan fingerprint density at radius 2 is 2.27 bits per heavy atom. The number of nitrogens with one attached hydrogen (secondary N) is 1. The largest absolute Gasteiger partial charge is 0.368 e. The number of nitrogens with zero attached hydrogens (tertiary/aromatic N) is 5. The van der Waals surface area contributed by atoms with Gasteiger partial charge in [0.1, 0.15) is 5.52 Å². The van der Waals surface area contributed by atoms with E-state index in [1.807, 2.05) is 18.3 Å². The predicted molar refractivity (Wildman–Crippen MR) is 89.2 cm³/mol. The molecular formula is C15H19N7. The summed E-state index contributed by atoms with van der Waals surface area (Å²) in [5.74, 6) is 0.889. The maximum atomic E-state index is 5.81. The number of hydrogen-bond acceptors (Lipinski definition) is 7. The second kappa shape index (κ2) is 6.46. The van der Waals surface area contributed by atoms with Crippen LogP contribution in [0.3, 0.4) is 0 Å². The fourth-order valence-electron chi connectivity index (χ4n) is 2.48. The molecular weight excluding hydrogens is 278 g/mol. The summed E-state index contributed by atoms with van der Waals surface area (Å²) in [6.45, 7) is 2.17. The van der Waals surface area contributed by atoms with Crippen LogP contribution in [0.1, 0.15) is 32.6 Å². The third-order valence-corrected chi connectivity index (χ3v) is 3.60. The van der Waals surface area contributed by atoms with E-state index in [1.54, 1.807) is 6.20 Å². The van der Waals surface area contributed by atoms with E-state index in [4.69, 9.17) is 5.73 Å². The Kier molecular flexibility index (Phi) is 4.22. The minimum absolute atomic E-state index is 0.0851. The average Bonchev–Trinajstić information content (AvgIpc) is 3.05. The minimum atomic E-state index is 0.0851. The van der Waals surface area contributed by atoms with E-state index < -0.39 is 0 Å². The number of unbranched alkanes of at least 4 members (excludes halogenated alkanes) is 1. The molecule has 114 valence electrons. The van der Waals surface area contributed by atoms with Crippen molar-refractivity contribution in [3.05, 3.63) is 18.3 Å². The maximum Gasteiger partial charge on any atom is 0.222 e. The topological polar surface area (TPSA) is 101 Å². The molecule has 0 aromatic carbocycles. The standard InChI is InChI=1S/C15H19N7/c1-2-3-5-10(11-7-9-18-22-11)19-14-13-12(6-4-8-17-13)20-15(16)21-14/h4,6,8-10H,2-3,5,7H2,1H3,(H3,16,19,20,21)/t10-/m1/s1. The predicted octanol–water partition coefficient (Wildman–Crippen LogP) is 2.41. The second-order valence-electron chi connectivity index (χ2n) is 5.23. The van der Waals surface area contributed by atoms with E-state index in [0.717, 1.165) is 42.4 Å². The highest BCUT2D eigenvalue weighted by Crippen LogP contribution is 2.21. The summed E-state index contributed by atoms with van der Waals surface area (Å²) >= 11 is 0. The molecule has 3 heterocycles. The molecule has 0 fully saturated rings. The monoisotopic (exact) mass is 297 g/mol. The van der Waals surface area contributed by atoms with Crippen LogP contribution in [-0.4, -0.2) is 32.9 Å². The first-order valence-corrected chi connectivity index (χ1v) is 7.51. The summed E-state index contributed by atoms with van der Waals surface area (Å²) in [7, 11) is 0. The Morgan fingerprint density at radius 3 is 3.05 bits per heavy atom. The highest BCUT2D eigenvalue weighted by molar-refractivity contribution is 6.03. The van der Waals surface area contributed by atoms with Crippen LogP contribution in [0.2, 0.25) is 0 Å². The lowest BCUT2D eigenvalue weighted by molar-refractivity contribution is 0.694. The Hall–Kier alpha value is -2.57. The zero-order valence-electron chi connectivity index (χ0n) is 12.5. The normalized spacial score (nSPS) is 15.0. The minimum Gasteiger partial charge on any atom is -0.368 e. The van der Waals surface area contributed by atoms with E-state index in [9.17, 15) is 0 Å². The van der Waals surface area contributed by atoms with Gasteiger partial charge >= 0.3 is 0 Å². The average molecular weight is 297 g/mol. The van der Waals surface area contributed by atoms with Crippen molar-refractivity contribution in [3.63, 3.8) is 0 Å². The van der Waals surface area contributed by atoms with Gasteiger partial charge in [0, 0.05) is 18.8 Å². The van der Waals surface area contributed by atoms with Gasteiger partial charge in [0.05, 0.1) is 17.3 Å². The van der Waals surface area contributed by atoms with Crippen molar-refractivity contribution in [1.82, 2.24) is 15.0 Å². The molecule has 1 aliphatic rings. The van der Waals surface area contributed by atoms with Crippen LogP contribution < -0.4 is 11.1 Å². The first kappa shape index (κ1) is 14.4. The molecule has 1 aliphatic heterocycles. The van der Waals surface area contributed by atoms with E-state index in [1.165, 1.54) is 0 Å². The molecule has 0 spiro atoms. The number of pyridine rings is 1. The molecule has 22 heavy (non-hydrogen) atoms. The van der Waals surface area contributed by atoms with Gasteiger partial charge in [-0.25, -0.2) is 4.98 Å². The lowest BCUT2D eigenvalue weighted by Gasteiger charge is -2.19. The van der Waals surface area contributed by atoms with Crippen molar-refractivity contribution >= 4 is 34.7 Å². The fourth-order valence-corrected chi connectivity index (χ4v) is 2.48. The number of rotatable bonds is 6. The summed E-state index contributed by atoms with van der Waals surface area (Å²) < 4.78 is 0. The lowest BCUT2D eigenvalue weighted by atomic mass is 10.0. The quantitative estimate of drug-likeness (QED) is 0.852. The van der Waals surface area contributed by atoms with Gasteiger partial charge in [-0.1, -0.05) is 19.8 Å². The molecule has 2 aromatic heterocycles. The highest BCUT2D eigenvalue weighted by atomic mass is 15.2. The van der Waals surface area contributed by atoms with Gasteiger partial charge in [0.15, 0.2) is 5.82 Å². The molecule has 0 bridgehead atoms. The first-order valence-electron chi connectivity index (χ1n) is 7.51. The molecule has 3 N–H and O–H groups in total.